The van der Waals surface area contributed by atoms with Crippen molar-refractivity contribution in [1.29, 1.82) is 0 Å². The van der Waals surface area contributed by atoms with Crippen molar-refractivity contribution in [1.82, 2.24) is 4.31 Å². The highest BCUT2D eigenvalue weighted by molar-refractivity contribution is 7.89. The first-order valence-corrected chi connectivity index (χ1v) is 8.09. The van der Waals surface area contributed by atoms with Crippen LogP contribution in [0.4, 0.5) is 0 Å². The molecule has 0 aromatic heterocycles. The Morgan fingerprint density at radius 3 is 2.35 bits per heavy atom. The summed E-state index contributed by atoms with van der Waals surface area (Å²) in [4.78, 5) is 0.258. The van der Waals surface area contributed by atoms with Gasteiger partial charge >= 0.3 is 0 Å². The third-order valence-electron chi connectivity index (χ3n) is 3.15. The van der Waals surface area contributed by atoms with Crippen molar-refractivity contribution in [2.24, 2.45) is 5.73 Å². The number of likely N-dealkylation sites (N-methyl/N-ethyl adjacent to an activating group) is 1. The lowest BCUT2D eigenvalue weighted by Gasteiger charge is -2.23. The fraction of sp³-hybridized carbons (Fsp3) is 0.571. The van der Waals surface area contributed by atoms with Crippen LogP contribution in [0.15, 0.2) is 23.1 Å². The average Bonchev–Trinajstić information content (AvgIpc) is 2.38. The van der Waals surface area contributed by atoms with E-state index in [-0.39, 0.29) is 23.6 Å². The van der Waals surface area contributed by atoms with Gasteiger partial charge in [-0.15, -0.1) is 0 Å². The molecule has 0 heterocycles. The van der Waals surface area contributed by atoms with E-state index in [1.165, 1.54) is 4.31 Å². The number of nitrogens with two attached hydrogens (primary N) is 1. The third-order valence-corrected chi connectivity index (χ3v) is 5.12. The Balaban J connectivity index is 3.12. The van der Waals surface area contributed by atoms with Crippen LogP contribution in [0.3, 0.4) is 0 Å². The molecule has 20 heavy (non-hydrogen) atoms. The highest BCUT2D eigenvalue weighted by Crippen LogP contribution is 2.25. The molecule has 0 fully saturated rings. The molecule has 0 aliphatic heterocycles. The molecule has 1 unspecified atom stereocenters. The molecule has 1 aromatic carbocycles. The van der Waals surface area contributed by atoms with E-state index in [4.69, 9.17) is 10.5 Å². The summed E-state index contributed by atoms with van der Waals surface area (Å²) in [7, 11) is -1.98. The number of hydrogen-bond donors (Lipinski definition) is 1. The zero-order valence-corrected chi connectivity index (χ0v) is 13.6. The Morgan fingerprint density at radius 2 is 1.90 bits per heavy atom. The van der Waals surface area contributed by atoms with Gasteiger partial charge in [0.25, 0.3) is 0 Å². The van der Waals surface area contributed by atoms with Gasteiger partial charge in [0.15, 0.2) is 0 Å². The largest absolute Gasteiger partial charge is 0.491 e. The summed E-state index contributed by atoms with van der Waals surface area (Å²) < 4.78 is 31.8. The Morgan fingerprint density at radius 1 is 1.30 bits per heavy atom. The molecule has 0 saturated heterocycles. The lowest BCUT2D eigenvalue weighted by molar-refractivity contribution is 0.240. The Kier molecular flexibility index (Phi) is 5.56. The van der Waals surface area contributed by atoms with Crippen LogP contribution in [0, 0.1) is 6.92 Å². The van der Waals surface area contributed by atoms with Crippen molar-refractivity contribution in [2.45, 2.75) is 44.7 Å². The molecule has 2 N–H and O–H groups in total. The number of nitrogens with zero attached hydrogens (tertiary/aromatic N) is 1. The molecule has 114 valence electrons. The molecule has 0 bridgehead atoms. The van der Waals surface area contributed by atoms with E-state index in [1.54, 1.807) is 32.2 Å². The zero-order chi connectivity index (χ0) is 15.5. The van der Waals surface area contributed by atoms with Crippen molar-refractivity contribution in [3.05, 3.63) is 23.8 Å². The Bertz CT molecular complexity index is 556. The molecule has 0 saturated carbocycles. The third kappa shape index (κ3) is 3.71. The summed E-state index contributed by atoms with van der Waals surface area (Å²) in [6, 6.07) is 4.65. The number of sulfonamides is 1. The van der Waals surface area contributed by atoms with Crippen molar-refractivity contribution in [3.8, 4) is 5.75 Å². The summed E-state index contributed by atoms with van der Waals surface area (Å²) in [6.07, 6.45) is 0.0519. The number of hydrogen-bond acceptors (Lipinski definition) is 4. The number of rotatable bonds is 6. The van der Waals surface area contributed by atoms with E-state index in [2.05, 4.69) is 0 Å². The summed E-state index contributed by atoms with van der Waals surface area (Å²) >= 11 is 0. The maximum atomic E-state index is 12.4. The second-order valence-electron chi connectivity index (χ2n) is 5.20. The van der Waals surface area contributed by atoms with Crippen molar-refractivity contribution >= 4 is 10.0 Å². The van der Waals surface area contributed by atoms with Crippen LogP contribution >= 0.6 is 0 Å². The van der Waals surface area contributed by atoms with Gasteiger partial charge in [-0.2, -0.15) is 4.31 Å². The molecule has 0 aliphatic carbocycles. The van der Waals surface area contributed by atoms with Gasteiger partial charge in [-0.05, 0) is 51.5 Å². The maximum Gasteiger partial charge on any atom is 0.243 e. The summed E-state index contributed by atoms with van der Waals surface area (Å²) in [5.41, 5.74) is 6.33. The molecule has 0 radical (unpaired) electrons. The maximum absolute atomic E-state index is 12.4. The van der Waals surface area contributed by atoms with Crippen LogP contribution in [0.5, 0.6) is 5.75 Å². The lowest BCUT2D eigenvalue weighted by Crippen LogP contribution is -2.39. The van der Waals surface area contributed by atoms with Crippen molar-refractivity contribution < 1.29 is 13.2 Å². The second-order valence-corrected chi connectivity index (χ2v) is 7.20. The van der Waals surface area contributed by atoms with Gasteiger partial charge in [0.1, 0.15) is 5.75 Å². The van der Waals surface area contributed by atoms with Crippen LogP contribution in [0.2, 0.25) is 0 Å². The predicted molar refractivity (Wildman–Crippen MR) is 80.4 cm³/mol. The van der Waals surface area contributed by atoms with Crippen LogP contribution in [-0.4, -0.2) is 38.5 Å². The molecule has 1 atom stereocenters. The zero-order valence-electron chi connectivity index (χ0n) is 12.8. The SMILES string of the molecule is Cc1cc(S(=O)(=O)N(C)C(C)CN)ccc1OC(C)C. The summed E-state index contributed by atoms with van der Waals surface area (Å²) in [5.74, 6) is 0.702. The van der Waals surface area contributed by atoms with E-state index in [9.17, 15) is 8.42 Å². The molecule has 6 heteroatoms. The highest BCUT2D eigenvalue weighted by Gasteiger charge is 2.25. The van der Waals surface area contributed by atoms with Crippen LogP contribution in [-0.2, 0) is 10.0 Å². The van der Waals surface area contributed by atoms with Gasteiger partial charge in [0, 0.05) is 19.6 Å². The van der Waals surface area contributed by atoms with E-state index in [0.29, 0.717) is 5.75 Å². The van der Waals surface area contributed by atoms with Crippen molar-refractivity contribution in [2.75, 3.05) is 13.6 Å². The van der Waals surface area contributed by atoms with Crippen LogP contribution in [0.1, 0.15) is 26.3 Å². The first kappa shape index (κ1) is 16.9. The summed E-state index contributed by atoms with van der Waals surface area (Å²) in [6.45, 7) is 7.76. The van der Waals surface area contributed by atoms with Crippen LogP contribution < -0.4 is 10.5 Å². The monoisotopic (exact) mass is 300 g/mol. The molecule has 5 nitrogen and oxygen atoms in total. The smallest absolute Gasteiger partial charge is 0.243 e. The quantitative estimate of drug-likeness (QED) is 0.868. The number of ether oxygens (including phenoxy) is 1. The molecular weight excluding hydrogens is 276 g/mol. The van der Waals surface area contributed by atoms with E-state index < -0.39 is 10.0 Å². The minimum atomic E-state index is -3.52. The van der Waals surface area contributed by atoms with Gasteiger partial charge in [-0.1, -0.05) is 0 Å². The van der Waals surface area contributed by atoms with E-state index in [1.807, 2.05) is 20.8 Å². The van der Waals surface area contributed by atoms with Gasteiger partial charge in [0.05, 0.1) is 11.0 Å². The minimum Gasteiger partial charge on any atom is -0.491 e. The molecule has 1 rings (SSSR count). The lowest BCUT2D eigenvalue weighted by atomic mass is 10.2. The van der Waals surface area contributed by atoms with E-state index >= 15 is 0 Å². The highest BCUT2D eigenvalue weighted by atomic mass is 32.2. The van der Waals surface area contributed by atoms with Gasteiger partial charge in [-0.25, -0.2) is 8.42 Å². The normalized spacial score (nSPS) is 13.8. The van der Waals surface area contributed by atoms with Crippen molar-refractivity contribution in [3.63, 3.8) is 0 Å². The molecule has 1 aromatic rings. The van der Waals surface area contributed by atoms with Gasteiger partial charge < -0.3 is 10.5 Å². The molecule has 0 amide bonds. The fourth-order valence-electron chi connectivity index (χ4n) is 1.72. The Hall–Kier alpha value is -1.11. The van der Waals surface area contributed by atoms with Crippen LogP contribution in [0.25, 0.3) is 0 Å². The number of aryl methyl sites for hydroxylation is 1. The Labute approximate surface area is 121 Å². The molecular formula is C14H24N2O3S. The standard InChI is InChI=1S/C14H24N2O3S/c1-10(2)19-14-7-6-13(8-11(14)3)20(17,18)16(5)12(4)9-15/h6-8,10,12H,9,15H2,1-5H3. The van der Waals surface area contributed by atoms with E-state index in [0.717, 1.165) is 5.56 Å². The second kappa shape index (κ2) is 6.56. The first-order valence-electron chi connectivity index (χ1n) is 6.65. The minimum absolute atomic E-state index is 0.0519. The number of benzene rings is 1. The average molecular weight is 300 g/mol. The summed E-state index contributed by atoms with van der Waals surface area (Å²) in [5, 5.41) is 0. The van der Waals surface area contributed by atoms with Gasteiger partial charge in [-0.3, -0.25) is 0 Å². The molecule has 0 aliphatic rings. The first-order chi connectivity index (χ1) is 9.20. The topological polar surface area (TPSA) is 72.6 Å². The predicted octanol–water partition coefficient (Wildman–Crippen LogP) is 1.75. The van der Waals surface area contributed by atoms with Gasteiger partial charge in [0.2, 0.25) is 10.0 Å². The fourth-order valence-corrected chi connectivity index (χ4v) is 3.18. The molecule has 0 spiro atoms.